The largest absolute Gasteiger partial charge is 0.497 e. The SMILES string of the molecule is CC.COc1cc(Nc2nc3ccccc3nc2NS(=O)(=O)c2cccc(N)c2)cc(OC)c1. The van der Waals surface area contributed by atoms with E-state index in [1.54, 1.807) is 62.8 Å². The van der Waals surface area contributed by atoms with Gasteiger partial charge in [-0.05, 0) is 30.3 Å². The lowest BCUT2D eigenvalue weighted by atomic mass is 10.2. The van der Waals surface area contributed by atoms with Crippen LogP contribution in [-0.4, -0.2) is 32.6 Å². The van der Waals surface area contributed by atoms with E-state index in [2.05, 4.69) is 20.0 Å². The molecule has 1 aromatic heterocycles. The van der Waals surface area contributed by atoms with Crippen LogP contribution in [0.1, 0.15) is 13.8 Å². The van der Waals surface area contributed by atoms with Crippen molar-refractivity contribution in [2.45, 2.75) is 18.7 Å². The Labute approximate surface area is 199 Å². The summed E-state index contributed by atoms with van der Waals surface area (Å²) in [7, 11) is -0.884. The first kappa shape index (κ1) is 24.6. The number of hydrogen-bond acceptors (Lipinski definition) is 8. The molecule has 0 unspecified atom stereocenters. The van der Waals surface area contributed by atoms with Gasteiger partial charge >= 0.3 is 0 Å². The van der Waals surface area contributed by atoms with E-state index < -0.39 is 10.0 Å². The van der Waals surface area contributed by atoms with Crippen molar-refractivity contribution in [1.29, 1.82) is 0 Å². The van der Waals surface area contributed by atoms with E-state index in [0.29, 0.717) is 33.9 Å². The van der Waals surface area contributed by atoms with Crippen LogP contribution in [0.15, 0.2) is 71.6 Å². The number of para-hydroxylation sites is 2. The summed E-state index contributed by atoms with van der Waals surface area (Å²) in [6.07, 6.45) is 0. The van der Waals surface area contributed by atoms with Gasteiger partial charge in [-0.15, -0.1) is 0 Å². The minimum absolute atomic E-state index is 0.0152. The number of nitrogen functional groups attached to an aromatic ring is 1. The minimum Gasteiger partial charge on any atom is -0.497 e. The number of hydrogen-bond donors (Lipinski definition) is 3. The molecule has 0 saturated carbocycles. The van der Waals surface area contributed by atoms with E-state index in [1.807, 2.05) is 19.9 Å². The van der Waals surface area contributed by atoms with Gasteiger partial charge in [0.15, 0.2) is 11.6 Å². The van der Waals surface area contributed by atoms with E-state index in [1.165, 1.54) is 12.1 Å². The van der Waals surface area contributed by atoms with Crippen molar-refractivity contribution in [2.75, 3.05) is 30.0 Å². The number of nitrogens with two attached hydrogens (primary N) is 1. The Morgan fingerprint density at radius 1 is 0.794 bits per heavy atom. The summed E-state index contributed by atoms with van der Waals surface area (Å²) < 4.78 is 39.1. The van der Waals surface area contributed by atoms with Gasteiger partial charge < -0.3 is 20.5 Å². The lowest BCUT2D eigenvalue weighted by molar-refractivity contribution is 0.395. The number of anilines is 4. The first-order valence-electron chi connectivity index (χ1n) is 10.5. The van der Waals surface area contributed by atoms with Gasteiger partial charge in [-0.3, -0.25) is 4.72 Å². The Kier molecular flexibility index (Phi) is 7.75. The average molecular weight is 482 g/mol. The Morgan fingerprint density at radius 3 is 1.94 bits per heavy atom. The quantitative estimate of drug-likeness (QED) is 0.321. The third kappa shape index (κ3) is 5.65. The molecule has 10 heteroatoms. The third-order valence-electron chi connectivity index (χ3n) is 4.58. The Hall–Kier alpha value is -4.05. The molecular weight excluding hydrogens is 454 g/mol. The fraction of sp³-hybridized carbons (Fsp3) is 0.167. The molecule has 0 aliphatic heterocycles. The summed E-state index contributed by atoms with van der Waals surface area (Å²) in [5.41, 5.74) is 7.79. The van der Waals surface area contributed by atoms with E-state index in [4.69, 9.17) is 15.2 Å². The molecule has 0 spiro atoms. The van der Waals surface area contributed by atoms with Gasteiger partial charge in [0.2, 0.25) is 0 Å². The van der Waals surface area contributed by atoms with Crippen molar-refractivity contribution in [3.05, 3.63) is 66.7 Å². The molecule has 0 fully saturated rings. The number of methoxy groups -OCH3 is 2. The number of nitrogens with zero attached hydrogens (tertiary/aromatic N) is 2. The average Bonchev–Trinajstić information content (AvgIpc) is 2.85. The molecule has 4 rings (SSSR count). The number of sulfonamides is 1. The summed E-state index contributed by atoms with van der Waals surface area (Å²) in [6, 6.07) is 18.3. The van der Waals surface area contributed by atoms with Crippen LogP contribution in [-0.2, 0) is 10.0 Å². The van der Waals surface area contributed by atoms with Gasteiger partial charge in [0.05, 0.1) is 30.1 Å². The van der Waals surface area contributed by atoms with Crippen LogP contribution in [0.3, 0.4) is 0 Å². The molecular formula is C24H27N5O4S. The molecule has 9 nitrogen and oxygen atoms in total. The summed E-state index contributed by atoms with van der Waals surface area (Å²) >= 11 is 0. The van der Waals surface area contributed by atoms with E-state index in [-0.39, 0.29) is 16.5 Å². The number of aromatic nitrogens is 2. The van der Waals surface area contributed by atoms with E-state index in [0.717, 1.165) is 0 Å². The maximum Gasteiger partial charge on any atom is 0.263 e. The Bertz CT molecular complexity index is 1370. The molecule has 0 aliphatic carbocycles. The van der Waals surface area contributed by atoms with Crippen LogP contribution in [0.4, 0.5) is 23.0 Å². The van der Waals surface area contributed by atoms with Crippen molar-refractivity contribution >= 4 is 44.1 Å². The topological polar surface area (TPSA) is 128 Å². The van der Waals surface area contributed by atoms with Crippen LogP contribution in [0.25, 0.3) is 11.0 Å². The monoisotopic (exact) mass is 481 g/mol. The second-order valence-electron chi connectivity index (χ2n) is 6.81. The highest BCUT2D eigenvalue weighted by molar-refractivity contribution is 7.92. The maximum atomic E-state index is 13.0. The third-order valence-corrected chi connectivity index (χ3v) is 5.92. The molecule has 0 bridgehead atoms. The molecule has 3 aromatic carbocycles. The summed E-state index contributed by atoms with van der Waals surface area (Å²) in [4.78, 5) is 9.07. The summed E-state index contributed by atoms with van der Waals surface area (Å²) in [5, 5.41) is 3.11. The number of rotatable bonds is 7. The van der Waals surface area contributed by atoms with Crippen molar-refractivity contribution in [2.24, 2.45) is 0 Å². The van der Waals surface area contributed by atoms with E-state index in [9.17, 15) is 8.42 Å². The van der Waals surface area contributed by atoms with Crippen molar-refractivity contribution in [3.8, 4) is 11.5 Å². The second-order valence-corrected chi connectivity index (χ2v) is 8.50. The van der Waals surface area contributed by atoms with Crippen LogP contribution in [0.5, 0.6) is 11.5 Å². The van der Waals surface area contributed by atoms with Gasteiger partial charge in [0.1, 0.15) is 11.5 Å². The zero-order valence-electron chi connectivity index (χ0n) is 19.4. The molecule has 0 radical (unpaired) electrons. The molecule has 178 valence electrons. The summed E-state index contributed by atoms with van der Waals surface area (Å²) in [6.45, 7) is 4.00. The zero-order chi connectivity index (χ0) is 24.7. The molecule has 4 N–H and O–H groups in total. The highest BCUT2D eigenvalue weighted by Crippen LogP contribution is 2.31. The van der Waals surface area contributed by atoms with Crippen molar-refractivity contribution in [1.82, 2.24) is 9.97 Å². The van der Waals surface area contributed by atoms with Gasteiger partial charge in [-0.1, -0.05) is 32.0 Å². The normalized spacial score (nSPS) is 10.7. The summed E-state index contributed by atoms with van der Waals surface area (Å²) in [5.74, 6) is 1.37. The number of benzene rings is 3. The second kappa shape index (κ2) is 10.7. The molecule has 0 saturated heterocycles. The molecule has 0 aliphatic rings. The smallest absolute Gasteiger partial charge is 0.263 e. The molecule has 4 aromatic rings. The highest BCUT2D eigenvalue weighted by Gasteiger charge is 2.19. The Morgan fingerprint density at radius 2 is 1.38 bits per heavy atom. The molecule has 0 atom stereocenters. The first-order chi connectivity index (χ1) is 16.4. The van der Waals surface area contributed by atoms with Gasteiger partial charge in [0, 0.05) is 29.6 Å². The van der Waals surface area contributed by atoms with Crippen molar-refractivity contribution < 1.29 is 17.9 Å². The van der Waals surface area contributed by atoms with Crippen molar-refractivity contribution in [3.63, 3.8) is 0 Å². The van der Waals surface area contributed by atoms with Gasteiger partial charge in [-0.2, -0.15) is 0 Å². The number of nitrogens with one attached hydrogen (secondary N) is 2. The lowest BCUT2D eigenvalue weighted by Gasteiger charge is -2.15. The predicted octanol–water partition coefficient (Wildman–Crippen LogP) is 4.80. The fourth-order valence-electron chi connectivity index (χ4n) is 3.04. The molecule has 0 amide bonds. The zero-order valence-corrected chi connectivity index (χ0v) is 20.2. The van der Waals surface area contributed by atoms with Gasteiger partial charge in [0.25, 0.3) is 10.0 Å². The Balaban J connectivity index is 0.00000158. The van der Waals surface area contributed by atoms with Gasteiger partial charge in [-0.25, -0.2) is 18.4 Å². The number of ether oxygens (including phenoxy) is 2. The number of fused-ring (bicyclic) bond motifs is 1. The van der Waals surface area contributed by atoms with Crippen LogP contribution in [0.2, 0.25) is 0 Å². The van der Waals surface area contributed by atoms with Crippen LogP contribution in [0, 0.1) is 0 Å². The fourth-order valence-corrected chi connectivity index (χ4v) is 4.11. The molecule has 1 heterocycles. The molecule has 34 heavy (non-hydrogen) atoms. The lowest BCUT2D eigenvalue weighted by Crippen LogP contribution is -2.16. The van der Waals surface area contributed by atoms with E-state index >= 15 is 0 Å². The van der Waals surface area contributed by atoms with Crippen LogP contribution >= 0.6 is 0 Å². The highest BCUT2D eigenvalue weighted by atomic mass is 32.2. The maximum absolute atomic E-state index is 13.0. The predicted molar refractivity (Wildman–Crippen MR) is 135 cm³/mol. The first-order valence-corrected chi connectivity index (χ1v) is 12.0. The minimum atomic E-state index is -3.97. The van der Waals surface area contributed by atoms with Crippen LogP contribution < -0.4 is 25.2 Å². The standard InChI is InChI=1S/C22H21N5O4S.C2H6/c1-30-16-11-15(12-17(13-16)31-2)24-21-22(26-20-9-4-3-8-19(20)25-21)27-32(28,29)18-7-5-6-14(23)10-18;1-2/h3-13H,23H2,1-2H3,(H,24,25)(H,26,27);1-2H3.